The minimum Gasteiger partial charge on any atom is -0.479 e. The van der Waals surface area contributed by atoms with Crippen molar-refractivity contribution in [2.75, 3.05) is 7.11 Å². The van der Waals surface area contributed by atoms with Crippen LogP contribution in [0.5, 0.6) is 5.88 Å². The predicted octanol–water partition coefficient (Wildman–Crippen LogP) is 2.38. The molecular weight excluding hydrogens is 169 g/mol. The Bertz CT molecular complexity index is 442. The average molecular weight is 177 g/mol. The number of pyridine rings is 1. The van der Waals surface area contributed by atoms with Crippen molar-refractivity contribution in [2.24, 2.45) is 0 Å². The van der Waals surface area contributed by atoms with Crippen molar-refractivity contribution in [1.29, 1.82) is 0 Å². The van der Waals surface area contributed by atoms with Gasteiger partial charge in [0.05, 0.1) is 7.11 Å². The second kappa shape index (κ2) is 3.01. The Morgan fingerprint density at radius 1 is 1.31 bits per heavy atom. The Morgan fingerprint density at radius 2 is 2.08 bits per heavy atom. The predicted molar refractivity (Wildman–Crippen MR) is 48.3 cm³/mol. The van der Waals surface area contributed by atoms with Gasteiger partial charge in [-0.2, -0.15) is 0 Å². The van der Waals surface area contributed by atoms with Gasteiger partial charge >= 0.3 is 0 Å². The lowest BCUT2D eigenvalue weighted by Crippen LogP contribution is -1.92. The summed E-state index contributed by atoms with van der Waals surface area (Å²) in [5.74, 6) is -0.362. The third kappa shape index (κ3) is 1.22. The number of rotatable bonds is 1. The molecule has 0 bridgehead atoms. The first-order chi connectivity index (χ1) is 6.33. The van der Waals surface area contributed by atoms with E-state index in [-0.39, 0.29) is 5.88 Å². The molecule has 0 radical (unpaired) electrons. The van der Waals surface area contributed by atoms with E-state index in [1.54, 1.807) is 18.3 Å². The molecule has 0 fully saturated rings. The molecule has 1 aromatic heterocycles. The highest BCUT2D eigenvalue weighted by Crippen LogP contribution is 2.22. The Morgan fingerprint density at radius 3 is 2.85 bits per heavy atom. The van der Waals surface area contributed by atoms with Gasteiger partial charge < -0.3 is 4.74 Å². The van der Waals surface area contributed by atoms with Gasteiger partial charge in [-0.1, -0.05) is 24.3 Å². The quantitative estimate of drug-likeness (QED) is 0.667. The zero-order valence-electron chi connectivity index (χ0n) is 7.12. The topological polar surface area (TPSA) is 22.1 Å². The van der Waals surface area contributed by atoms with Gasteiger partial charge in [-0.3, -0.25) is 0 Å². The van der Waals surface area contributed by atoms with Crippen LogP contribution in [-0.4, -0.2) is 12.1 Å². The summed E-state index contributed by atoms with van der Waals surface area (Å²) in [6, 6.07) is 7.14. The van der Waals surface area contributed by atoms with Crippen LogP contribution in [0.1, 0.15) is 0 Å². The fraction of sp³-hybridized carbons (Fsp3) is 0.100. The van der Waals surface area contributed by atoms with E-state index in [9.17, 15) is 4.39 Å². The van der Waals surface area contributed by atoms with Crippen LogP contribution in [0.4, 0.5) is 4.39 Å². The molecule has 13 heavy (non-hydrogen) atoms. The fourth-order valence-corrected chi connectivity index (χ4v) is 1.25. The fourth-order valence-electron chi connectivity index (χ4n) is 1.25. The largest absolute Gasteiger partial charge is 0.479 e. The van der Waals surface area contributed by atoms with Gasteiger partial charge in [0.1, 0.15) is 0 Å². The lowest BCUT2D eigenvalue weighted by atomic mass is 10.2. The number of ether oxygens (including phenoxy) is 1. The second-order valence-electron chi connectivity index (χ2n) is 2.67. The minimum absolute atomic E-state index is 0.0405. The van der Waals surface area contributed by atoms with Crippen LogP contribution in [0, 0.1) is 5.82 Å². The maximum atomic E-state index is 13.5. The van der Waals surface area contributed by atoms with Crippen molar-refractivity contribution in [1.82, 2.24) is 4.98 Å². The molecule has 0 N–H and O–H groups in total. The summed E-state index contributed by atoms with van der Waals surface area (Å²) in [5.41, 5.74) is 0. The lowest BCUT2D eigenvalue weighted by molar-refractivity contribution is 0.372. The molecule has 0 aliphatic heterocycles. The van der Waals surface area contributed by atoms with Gasteiger partial charge in [0.2, 0.25) is 0 Å². The molecule has 0 aliphatic carbocycles. The molecular formula is C10H8FNO. The number of halogens is 1. The first-order valence-corrected chi connectivity index (χ1v) is 3.90. The Labute approximate surface area is 75.0 Å². The van der Waals surface area contributed by atoms with Crippen molar-refractivity contribution >= 4 is 10.8 Å². The normalized spacial score (nSPS) is 10.3. The smallest absolute Gasteiger partial charge is 0.250 e. The SMILES string of the molecule is COc1ncc2ccccc2c1F. The van der Waals surface area contributed by atoms with Gasteiger partial charge in [0, 0.05) is 17.0 Å². The summed E-state index contributed by atoms with van der Waals surface area (Å²) >= 11 is 0. The van der Waals surface area contributed by atoms with Crippen LogP contribution in [0.25, 0.3) is 10.8 Å². The summed E-state index contributed by atoms with van der Waals surface area (Å²) in [5, 5.41) is 1.31. The van der Waals surface area contributed by atoms with Gasteiger partial charge in [-0.15, -0.1) is 0 Å². The van der Waals surface area contributed by atoms with Crippen molar-refractivity contribution in [3.63, 3.8) is 0 Å². The zero-order valence-corrected chi connectivity index (χ0v) is 7.12. The third-order valence-corrected chi connectivity index (χ3v) is 1.90. The summed E-state index contributed by atoms with van der Waals surface area (Å²) in [7, 11) is 1.40. The highest BCUT2D eigenvalue weighted by molar-refractivity contribution is 5.83. The van der Waals surface area contributed by atoms with Gasteiger partial charge in [-0.05, 0) is 0 Å². The van der Waals surface area contributed by atoms with Crippen molar-refractivity contribution in [2.45, 2.75) is 0 Å². The molecule has 0 saturated heterocycles. The average Bonchev–Trinajstić information content (AvgIpc) is 2.19. The number of fused-ring (bicyclic) bond motifs is 1. The molecule has 0 unspecified atom stereocenters. The highest BCUT2D eigenvalue weighted by Gasteiger charge is 2.07. The number of aromatic nitrogens is 1. The van der Waals surface area contributed by atoms with Gasteiger partial charge in [0.25, 0.3) is 5.88 Å². The Hall–Kier alpha value is -1.64. The van der Waals surface area contributed by atoms with E-state index >= 15 is 0 Å². The minimum atomic E-state index is -0.402. The number of hydrogen-bond acceptors (Lipinski definition) is 2. The summed E-state index contributed by atoms with van der Waals surface area (Å²) in [6.45, 7) is 0. The van der Waals surface area contributed by atoms with Gasteiger partial charge in [0.15, 0.2) is 5.82 Å². The molecule has 1 heterocycles. The van der Waals surface area contributed by atoms with Crippen LogP contribution in [0.2, 0.25) is 0 Å². The van der Waals surface area contributed by atoms with Crippen LogP contribution in [0.15, 0.2) is 30.5 Å². The molecule has 66 valence electrons. The highest BCUT2D eigenvalue weighted by atomic mass is 19.1. The summed E-state index contributed by atoms with van der Waals surface area (Å²) in [6.07, 6.45) is 1.59. The molecule has 2 nitrogen and oxygen atoms in total. The van der Waals surface area contributed by atoms with Crippen LogP contribution >= 0.6 is 0 Å². The van der Waals surface area contributed by atoms with Crippen molar-refractivity contribution in [3.8, 4) is 5.88 Å². The Kier molecular flexibility index (Phi) is 1.85. The van der Waals surface area contributed by atoms with Gasteiger partial charge in [-0.25, -0.2) is 9.37 Å². The van der Waals surface area contributed by atoms with E-state index in [1.165, 1.54) is 7.11 Å². The van der Waals surface area contributed by atoms with E-state index in [2.05, 4.69) is 4.98 Å². The standard InChI is InChI=1S/C10H8FNO/c1-13-10-9(11)8-5-3-2-4-7(8)6-12-10/h2-6H,1H3. The molecule has 0 atom stereocenters. The van der Waals surface area contributed by atoms with E-state index in [1.807, 2.05) is 12.1 Å². The third-order valence-electron chi connectivity index (χ3n) is 1.90. The number of nitrogens with zero attached hydrogens (tertiary/aromatic N) is 1. The molecule has 2 aromatic rings. The Balaban J connectivity index is 2.79. The molecule has 1 aromatic carbocycles. The number of hydrogen-bond donors (Lipinski definition) is 0. The van der Waals surface area contributed by atoms with E-state index in [0.717, 1.165) is 5.39 Å². The molecule has 0 amide bonds. The maximum absolute atomic E-state index is 13.5. The molecule has 3 heteroatoms. The molecule has 0 aliphatic rings. The molecule has 0 spiro atoms. The molecule has 2 rings (SSSR count). The first-order valence-electron chi connectivity index (χ1n) is 3.90. The van der Waals surface area contributed by atoms with E-state index in [0.29, 0.717) is 5.39 Å². The maximum Gasteiger partial charge on any atom is 0.250 e. The second-order valence-corrected chi connectivity index (χ2v) is 2.67. The van der Waals surface area contributed by atoms with Crippen molar-refractivity contribution < 1.29 is 9.13 Å². The lowest BCUT2D eigenvalue weighted by Gasteiger charge is -2.02. The van der Waals surface area contributed by atoms with Crippen LogP contribution < -0.4 is 4.74 Å². The summed E-state index contributed by atoms with van der Waals surface area (Å²) in [4.78, 5) is 3.83. The van der Waals surface area contributed by atoms with E-state index < -0.39 is 5.82 Å². The first kappa shape index (κ1) is 7.98. The van der Waals surface area contributed by atoms with Crippen LogP contribution in [0.3, 0.4) is 0 Å². The molecule has 0 saturated carbocycles. The number of benzene rings is 1. The zero-order chi connectivity index (χ0) is 9.26. The van der Waals surface area contributed by atoms with Crippen molar-refractivity contribution in [3.05, 3.63) is 36.3 Å². The monoisotopic (exact) mass is 177 g/mol. The number of methoxy groups -OCH3 is 1. The van der Waals surface area contributed by atoms with E-state index in [4.69, 9.17) is 4.74 Å². The van der Waals surface area contributed by atoms with Crippen LogP contribution in [-0.2, 0) is 0 Å². The summed E-state index contributed by atoms with van der Waals surface area (Å²) < 4.78 is 18.2.